The van der Waals surface area contributed by atoms with Crippen molar-refractivity contribution in [1.29, 1.82) is 0 Å². The lowest BCUT2D eigenvalue weighted by molar-refractivity contribution is 0.0689. The first-order chi connectivity index (χ1) is 9.81. The summed E-state index contributed by atoms with van der Waals surface area (Å²) in [4.78, 5) is 17.4. The molecule has 0 fully saturated rings. The van der Waals surface area contributed by atoms with Crippen LogP contribution < -0.4 is 4.74 Å². The van der Waals surface area contributed by atoms with E-state index in [0.717, 1.165) is 11.8 Å². The number of ether oxygens (including phenoxy) is 1. The van der Waals surface area contributed by atoms with E-state index in [1.165, 1.54) is 0 Å². The minimum atomic E-state index is -3.59. The molecule has 2 rings (SSSR count). The van der Waals surface area contributed by atoms with Crippen LogP contribution in [0.3, 0.4) is 0 Å². The SMILES string of the molecule is COc1ccc(Cc2[nH]c(S(C)(=O)=O)nc2C(=O)O)cc1. The smallest absolute Gasteiger partial charge is 0.356 e. The van der Waals surface area contributed by atoms with Gasteiger partial charge in [0.2, 0.25) is 15.0 Å². The number of imidazole rings is 1. The summed E-state index contributed by atoms with van der Waals surface area (Å²) in [6, 6.07) is 7.02. The minimum absolute atomic E-state index is 0.230. The topological polar surface area (TPSA) is 109 Å². The van der Waals surface area contributed by atoms with Gasteiger partial charge in [-0.1, -0.05) is 12.1 Å². The third-order valence-electron chi connectivity index (χ3n) is 2.85. The largest absolute Gasteiger partial charge is 0.497 e. The van der Waals surface area contributed by atoms with E-state index in [4.69, 9.17) is 9.84 Å². The fourth-order valence-electron chi connectivity index (χ4n) is 1.81. The Bertz CT molecular complexity index is 762. The molecule has 0 unspecified atom stereocenters. The van der Waals surface area contributed by atoms with Gasteiger partial charge in [-0.25, -0.2) is 18.2 Å². The van der Waals surface area contributed by atoms with E-state index in [9.17, 15) is 13.2 Å². The zero-order valence-electron chi connectivity index (χ0n) is 11.5. The standard InChI is InChI=1S/C13H14N2O5S/c1-20-9-5-3-8(4-6-9)7-10-11(12(16)17)15-13(14-10)21(2,18)19/h3-6H,7H2,1-2H3,(H,14,15)(H,16,17). The van der Waals surface area contributed by atoms with E-state index in [1.807, 2.05) is 0 Å². The van der Waals surface area contributed by atoms with Crippen LogP contribution >= 0.6 is 0 Å². The highest BCUT2D eigenvalue weighted by Gasteiger charge is 2.21. The number of carboxylic acids is 1. The van der Waals surface area contributed by atoms with E-state index < -0.39 is 15.8 Å². The van der Waals surface area contributed by atoms with Gasteiger partial charge in [-0.15, -0.1) is 0 Å². The molecule has 0 amide bonds. The Morgan fingerprint density at radius 3 is 2.43 bits per heavy atom. The Hall–Kier alpha value is -2.35. The van der Waals surface area contributed by atoms with Crippen molar-refractivity contribution in [2.45, 2.75) is 11.6 Å². The molecule has 0 radical (unpaired) electrons. The Balaban J connectivity index is 2.38. The van der Waals surface area contributed by atoms with Crippen molar-refractivity contribution < 1.29 is 23.1 Å². The second-order valence-corrected chi connectivity index (χ2v) is 6.40. The summed E-state index contributed by atoms with van der Waals surface area (Å²) >= 11 is 0. The average Bonchev–Trinajstić information content (AvgIpc) is 2.84. The van der Waals surface area contributed by atoms with Crippen LogP contribution in [-0.2, 0) is 16.3 Å². The van der Waals surface area contributed by atoms with Gasteiger partial charge in [-0.05, 0) is 17.7 Å². The lowest BCUT2D eigenvalue weighted by Gasteiger charge is -2.03. The molecule has 0 bridgehead atoms. The molecule has 0 saturated carbocycles. The van der Waals surface area contributed by atoms with E-state index in [-0.39, 0.29) is 23.0 Å². The first-order valence-corrected chi connectivity index (χ1v) is 7.85. The second-order valence-electron chi connectivity index (χ2n) is 4.47. The van der Waals surface area contributed by atoms with Crippen LogP contribution in [0.4, 0.5) is 0 Å². The monoisotopic (exact) mass is 310 g/mol. The molecule has 21 heavy (non-hydrogen) atoms. The zero-order chi connectivity index (χ0) is 15.6. The number of nitrogens with one attached hydrogen (secondary N) is 1. The predicted molar refractivity (Wildman–Crippen MR) is 74.5 cm³/mol. The van der Waals surface area contributed by atoms with Gasteiger partial charge in [0.15, 0.2) is 5.69 Å². The highest BCUT2D eigenvalue weighted by atomic mass is 32.2. The van der Waals surface area contributed by atoms with Crippen LogP contribution in [0, 0.1) is 0 Å². The fraction of sp³-hybridized carbons (Fsp3) is 0.231. The van der Waals surface area contributed by atoms with Gasteiger partial charge in [-0.3, -0.25) is 0 Å². The molecule has 0 atom stereocenters. The number of carbonyl (C=O) groups is 1. The molecule has 1 heterocycles. The number of hydrogen-bond acceptors (Lipinski definition) is 5. The minimum Gasteiger partial charge on any atom is -0.497 e. The van der Waals surface area contributed by atoms with Gasteiger partial charge >= 0.3 is 5.97 Å². The Morgan fingerprint density at radius 1 is 1.33 bits per heavy atom. The molecule has 1 aromatic heterocycles. The molecular weight excluding hydrogens is 296 g/mol. The number of H-pyrrole nitrogens is 1. The van der Waals surface area contributed by atoms with Gasteiger partial charge in [-0.2, -0.15) is 0 Å². The summed E-state index contributed by atoms with van der Waals surface area (Å²) in [5.41, 5.74) is 0.765. The highest BCUT2D eigenvalue weighted by Crippen LogP contribution is 2.17. The second kappa shape index (κ2) is 5.57. The summed E-state index contributed by atoms with van der Waals surface area (Å²) in [7, 11) is -2.04. The van der Waals surface area contributed by atoms with Crippen molar-refractivity contribution in [1.82, 2.24) is 9.97 Å². The maximum atomic E-state index is 11.5. The lowest BCUT2D eigenvalue weighted by atomic mass is 10.1. The van der Waals surface area contributed by atoms with Crippen molar-refractivity contribution in [3.05, 3.63) is 41.2 Å². The lowest BCUT2D eigenvalue weighted by Crippen LogP contribution is -2.03. The van der Waals surface area contributed by atoms with Crippen molar-refractivity contribution in [3.63, 3.8) is 0 Å². The van der Waals surface area contributed by atoms with Crippen LogP contribution in [0.1, 0.15) is 21.7 Å². The van der Waals surface area contributed by atoms with Gasteiger partial charge in [0.05, 0.1) is 12.8 Å². The molecule has 0 saturated heterocycles. The molecule has 0 aliphatic heterocycles. The quantitative estimate of drug-likeness (QED) is 0.856. The number of benzene rings is 1. The number of methoxy groups -OCH3 is 1. The summed E-state index contributed by atoms with van der Waals surface area (Å²) in [5.74, 6) is -0.594. The van der Waals surface area contributed by atoms with Gasteiger partial charge in [0, 0.05) is 12.7 Å². The fourth-order valence-corrected chi connectivity index (χ4v) is 2.38. The molecule has 112 valence electrons. The van der Waals surface area contributed by atoms with Crippen LogP contribution in [0.15, 0.2) is 29.4 Å². The van der Waals surface area contributed by atoms with E-state index in [1.54, 1.807) is 31.4 Å². The Morgan fingerprint density at radius 2 is 1.95 bits per heavy atom. The molecule has 2 N–H and O–H groups in total. The van der Waals surface area contributed by atoms with E-state index in [0.29, 0.717) is 5.75 Å². The number of aromatic nitrogens is 2. The van der Waals surface area contributed by atoms with Crippen LogP contribution in [0.25, 0.3) is 0 Å². The molecule has 8 heteroatoms. The first-order valence-electron chi connectivity index (χ1n) is 5.96. The third kappa shape index (κ3) is 3.40. The van der Waals surface area contributed by atoms with Crippen LogP contribution in [-0.4, -0.2) is 42.8 Å². The predicted octanol–water partition coefficient (Wildman–Crippen LogP) is 1.11. The normalized spacial score (nSPS) is 11.3. The molecular formula is C13H14N2O5S. The summed E-state index contributed by atoms with van der Waals surface area (Å²) in [5, 5.41) is 8.76. The first kappa shape index (κ1) is 15.0. The van der Waals surface area contributed by atoms with Crippen LogP contribution in [0.5, 0.6) is 5.75 Å². The Kier molecular flexibility index (Phi) is 3.99. The molecule has 7 nitrogen and oxygen atoms in total. The van der Waals surface area contributed by atoms with Crippen LogP contribution in [0.2, 0.25) is 0 Å². The molecule has 1 aromatic carbocycles. The molecule has 0 aliphatic carbocycles. The average molecular weight is 310 g/mol. The summed E-state index contributed by atoms with van der Waals surface area (Å²) in [6.07, 6.45) is 1.20. The van der Waals surface area contributed by atoms with E-state index >= 15 is 0 Å². The number of hydrogen-bond donors (Lipinski definition) is 2. The molecule has 0 aliphatic rings. The van der Waals surface area contributed by atoms with Crippen molar-refractivity contribution in [2.24, 2.45) is 0 Å². The number of aromatic amines is 1. The zero-order valence-corrected chi connectivity index (χ0v) is 12.3. The Labute approximate surface area is 121 Å². The highest BCUT2D eigenvalue weighted by molar-refractivity contribution is 7.90. The third-order valence-corrected chi connectivity index (χ3v) is 3.75. The van der Waals surface area contributed by atoms with Gasteiger partial charge in [0.1, 0.15) is 5.75 Å². The van der Waals surface area contributed by atoms with Crippen molar-refractivity contribution in [3.8, 4) is 5.75 Å². The maximum absolute atomic E-state index is 11.5. The van der Waals surface area contributed by atoms with Gasteiger partial charge in [0.25, 0.3) is 0 Å². The summed E-state index contributed by atoms with van der Waals surface area (Å²) in [6.45, 7) is 0. The number of sulfone groups is 1. The maximum Gasteiger partial charge on any atom is 0.356 e. The van der Waals surface area contributed by atoms with E-state index in [2.05, 4.69) is 9.97 Å². The number of nitrogens with zero attached hydrogens (tertiary/aromatic N) is 1. The number of carboxylic acid groups (broad SMARTS) is 1. The number of aromatic carboxylic acids is 1. The van der Waals surface area contributed by atoms with Gasteiger partial charge < -0.3 is 14.8 Å². The van der Waals surface area contributed by atoms with Crippen molar-refractivity contribution >= 4 is 15.8 Å². The van der Waals surface area contributed by atoms with Crippen molar-refractivity contribution in [2.75, 3.05) is 13.4 Å². The molecule has 0 spiro atoms. The molecule has 2 aromatic rings. The number of rotatable bonds is 5. The summed E-state index contributed by atoms with van der Waals surface area (Å²) < 4.78 is 27.9.